The van der Waals surface area contributed by atoms with Crippen LogP contribution in [-0.4, -0.2) is 36.6 Å². The molecule has 0 aliphatic carbocycles. The summed E-state index contributed by atoms with van der Waals surface area (Å²) >= 11 is 6.04. The average Bonchev–Trinajstić information content (AvgIpc) is 3.54. The highest BCUT2D eigenvalue weighted by molar-refractivity contribution is 6.30. The molecule has 0 radical (unpaired) electrons. The molecule has 1 N–H and O–H groups in total. The van der Waals surface area contributed by atoms with E-state index in [0.717, 1.165) is 17.7 Å². The highest BCUT2D eigenvalue weighted by Crippen LogP contribution is 2.37. The number of carbonyl (C=O) groups is 2. The first kappa shape index (κ1) is 25.0. The molecule has 0 spiro atoms. The normalized spacial score (nSPS) is 18.6. The van der Waals surface area contributed by atoms with Gasteiger partial charge in [0.05, 0.1) is 11.5 Å². The Labute approximate surface area is 215 Å². The van der Waals surface area contributed by atoms with Gasteiger partial charge < -0.3 is 19.7 Å². The summed E-state index contributed by atoms with van der Waals surface area (Å²) in [7, 11) is 0. The van der Waals surface area contributed by atoms with Gasteiger partial charge in [0.25, 0.3) is 5.91 Å². The molecular weight excluding hydrogens is 509 g/mol. The summed E-state index contributed by atoms with van der Waals surface area (Å²) in [4.78, 5) is 28.0. The van der Waals surface area contributed by atoms with Crippen molar-refractivity contribution in [2.45, 2.75) is 18.6 Å². The zero-order valence-corrected chi connectivity index (χ0v) is 20.2. The fourth-order valence-corrected chi connectivity index (χ4v) is 4.88. The summed E-state index contributed by atoms with van der Waals surface area (Å²) in [5.74, 6) is -0.881. The maximum absolute atomic E-state index is 13.4. The molecule has 192 valence electrons. The molecule has 5 rings (SSSR count). The predicted octanol–water partition coefficient (Wildman–Crippen LogP) is 5.26. The number of likely N-dealkylation sites (tertiary alicyclic amines) is 1. The minimum atomic E-state index is -4.53. The Balaban J connectivity index is 1.38. The Morgan fingerprint density at radius 2 is 1.76 bits per heavy atom. The monoisotopic (exact) mass is 530 g/mol. The van der Waals surface area contributed by atoms with Gasteiger partial charge in [-0.3, -0.25) is 9.59 Å². The molecular formula is C27H22ClF3N2O4. The van der Waals surface area contributed by atoms with E-state index in [-0.39, 0.29) is 38.2 Å². The van der Waals surface area contributed by atoms with Crippen molar-refractivity contribution < 1.29 is 32.2 Å². The van der Waals surface area contributed by atoms with E-state index in [2.05, 4.69) is 5.32 Å². The van der Waals surface area contributed by atoms with Crippen LogP contribution >= 0.6 is 11.6 Å². The topological polar surface area (TPSA) is 67.9 Å². The summed E-state index contributed by atoms with van der Waals surface area (Å²) in [5.41, 5.74) is 0.665. The molecule has 37 heavy (non-hydrogen) atoms. The molecule has 0 saturated carbocycles. The number of carbonyl (C=O) groups excluding carboxylic acids is 2. The first-order valence-corrected chi connectivity index (χ1v) is 11.9. The number of halogens is 4. The number of amides is 2. The molecule has 2 heterocycles. The van der Waals surface area contributed by atoms with Crippen molar-refractivity contribution >= 4 is 23.4 Å². The lowest BCUT2D eigenvalue weighted by Gasteiger charge is -2.19. The number of alkyl halides is 3. The molecule has 2 aliphatic heterocycles. The van der Waals surface area contributed by atoms with Gasteiger partial charge in [0.1, 0.15) is 0 Å². The second-order valence-electron chi connectivity index (χ2n) is 8.96. The van der Waals surface area contributed by atoms with Crippen LogP contribution in [0.4, 0.5) is 13.2 Å². The van der Waals surface area contributed by atoms with Gasteiger partial charge >= 0.3 is 6.18 Å². The first-order chi connectivity index (χ1) is 17.7. The lowest BCUT2D eigenvalue weighted by molar-refractivity contribution is -0.137. The summed E-state index contributed by atoms with van der Waals surface area (Å²) in [6.45, 7) is 0.458. The van der Waals surface area contributed by atoms with Gasteiger partial charge in [0.15, 0.2) is 11.5 Å². The smallest absolute Gasteiger partial charge is 0.416 e. The highest BCUT2D eigenvalue weighted by atomic mass is 35.5. The maximum atomic E-state index is 13.4. The van der Waals surface area contributed by atoms with E-state index >= 15 is 0 Å². The fraction of sp³-hybridized carbons (Fsp3) is 0.259. The van der Waals surface area contributed by atoms with Crippen LogP contribution < -0.4 is 14.8 Å². The van der Waals surface area contributed by atoms with Crippen molar-refractivity contribution in [2.24, 2.45) is 5.92 Å². The van der Waals surface area contributed by atoms with Crippen molar-refractivity contribution in [2.75, 3.05) is 19.9 Å². The minimum absolute atomic E-state index is 0.0548. The third kappa shape index (κ3) is 5.36. The molecule has 10 heteroatoms. The third-order valence-electron chi connectivity index (χ3n) is 6.56. The summed E-state index contributed by atoms with van der Waals surface area (Å²) < 4.78 is 50.9. The Morgan fingerprint density at radius 3 is 2.54 bits per heavy atom. The van der Waals surface area contributed by atoms with Crippen molar-refractivity contribution in [3.63, 3.8) is 0 Å². The second-order valence-corrected chi connectivity index (χ2v) is 9.40. The summed E-state index contributed by atoms with van der Waals surface area (Å²) in [6.07, 6.45) is -4.53. The van der Waals surface area contributed by atoms with Gasteiger partial charge in [-0.05, 0) is 47.5 Å². The standard InChI is InChI=1S/C27H22ClF3N2O4/c28-20-6-2-4-18(11-20)26(35)33-13-21(17-3-1-5-19(10-17)27(29,30)31)22(14-33)25(34)32-12-16-7-8-23-24(9-16)37-15-36-23/h1-11,21-22H,12-15H2,(H,32,34)/t21-,22-/m1/s1. The second kappa shape index (κ2) is 9.97. The van der Waals surface area contributed by atoms with E-state index in [1.807, 2.05) is 0 Å². The van der Waals surface area contributed by atoms with Gasteiger partial charge in [0, 0.05) is 36.1 Å². The molecule has 3 aromatic carbocycles. The van der Waals surface area contributed by atoms with Crippen LogP contribution in [0.1, 0.15) is 33.0 Å². The molecule has 1 saturated heterocycles. The Bertz CT molecular complexity index is 1350. The predicted molar refractivity (Wildman–Crippen MR) is 129 cm³/mol. The number of hydrogen-bond donors (Lipinski definition) is 1. The zero-order chi connectivity index (χ0) is 26.2. The third-order valence-corrected chi connectivity index (χ3v) is 6.80. The number of nitrogens with one attached hydrogen (secondary N) is 1. The van der Waals surface area contributed by atoms with Crippen LogP contribution in [-0.2, 0) is 17.5 Å². The van der Waals surface area contributed by atoms with E-state index in [9.17, 15) is 22.8 Å². The van der Waals surface area contributed by atoms with Gasteiger partial charge in [-0.25, -0.2) is 0 Å². The number of fused-ring (bicyclic) bond motifs is 1. The Kier molecular flexibility index (Phi) is 6.72. The molecule has 1 fully saturated rings. The molecule has 6 nitrogen and oxygen atoms in total. The van der Waals surface area contributed by atoms with Crippen LogP contribution in [0, 0.1) is 5.92 Å². The summed E-state index contributed by atoms with van der Waals surface area (Å²) in [6, 6.07) is 16.6. The molecule has 2 atom stereocenters. The molecule has 0 unspecified atom stereocenters. The molecule has 0 aromatic heterocycles. The van der Waals surface area contributed by atoms with Crippen LogP contribution in [0.25, 0.3) is 0 Å². The lowest BCUT2D eigenvalue weighted by atomic mass is 9.87. The Morgan fingerprint density at radius 1 is 0.973 bits per heavy atom. The number of nitrogens with zero attached hydrogens (tertiary/aromatic N) is 1. The maximum Gasteiger partial charge on any atom is 0.416 e. The molecule has 3 aromatic rings. The van der Waals surface area contributed by atoms with E-state index in [1.54, 1.807) is 42.5 Å². The molecule has 2 aliphatic rings. The van der Waals surface area contributed by atoms with Crippen molar-refractivity contribution in [1.82, 2.24) is 10.2 Å². The van der Waals surface area contributed by atoms with Gasteiger partial charge in [-0.1, -0.05) is 41.9 Å². The van der Waals surface area contributed by atoms with Crippen molar-refractivity contribution in [3.05, 3.63) is 94.0 Å². The Hall–Kier alpha value is -3.72. The van der Waals surface area contributed by atoms with Crippen LogP contribution in [0.3, 0.4) is 0 Å². The fourth-order valence-electron chi connectivity index (χ4n) is 4.69. The van der Waals surface area contributed by atoms with Gasteiger partial charge in [0.2, 0.25) is 12.7 Å². The highest BCUT2D eigenvalue weighted by Gasteiger charge is 2.41. The number of hydrogen-bond acceptors (Lipinski definition) is 4. The quantitative estimate of drug-likeness (QED) is 0.489. The van der Waals surface area contributed by atoms with E-state index in [4.69, 9.17) is 21.1 Å². The minimum Gasteiger partial charge on any atom is -0.454 e. The van der Waals surface area contributed by atoms with Crippen LogP contribution in [0.15, 0.2) is 66.7 Å². The van der Waals surface area contributed by atoms with Crippen molar-refractivity contribution in [3.8, 4) is 11.5 Å². The average molecular weight is 531 g/mol. The largest absolute Gasteiger partial charge is 0.454 e. The number of ether oxygens (including phenoxy) is 2. The summed E-state index contributed by atoms with van der Waals surface area (Å²) in [5, 5.41) is 3.25. The van der Waals surface area contributed by atoms with Crippen LogP contribution in [0.5, 0.6) is 11.5 Å². The lowest BCUT2D eigenvalue weighted by Crippen LogP contribution is -2.35. The van der Waals surface area contributed by atoms with Gasteiger partial charge in [-0.2, -0.15) is 13.2 Å². The van der Waals surface area contributed by atoms with Gasteiger partial charge in [-0.15, -0.1) is 0 Å². The van der Waals surface area contributed by atoms with Crippen LogP contribution in [0.2, 0.25) is 5.02 Å². The first-order valence-electron chi connectivity index (χ1n) is 11.6. The number of rotatable bonds is 5. The van der Waals surface area contributed by atoms with E-state index in [0.29, 0.717) is 27.6 Å². The zero-order valence-electron chi connectivity index (χ0n) is 19.4. The van der Waals surface area contributed by atoms with Crippen molar-refractivity contribution in [1.29, 1.82) is 0 Å². The number of benzene rings is 3. The molecule has 0 bridgehead atoms. The van der Waals surface area contributed by atoms with E-state index < -0.39 is 23.6 Å². The van der Waals surface area contributed by atoms with E-state index in [1.165, 1.54) is 17.0 Å². The SMILES string of the molecule is O=C(NCc1ccc2c(c1)OCO2)[C@@H]1CN(C(=O)c2cccc(Cl)c2)C[C@@H]1c1cccc(C(F)(F)F)c1. The molecule has 2 amide bonds.